The van der Waals surface area contributed by atoms with Crippen molar-refractivity contribution in [1.82, 2.24) is 20.4 Å². The van der Waals surface area contributed by atoms with Gasteiger partial charge in [0.05, 0.1) is 18.2 Å². The second-order valence-corrected chi connectivity index (χ2v) is 15.1. The lowest BCUT2D eigenvalue weighted by Crippen LogP contribution is -2.69. The van der Waals surface area contributed by atoms with E-state index in [-0.39, 0.29) is 44.9 Å². The summed E-state index contributed by atoms with van der Waals surface area (Å²) < 4.78 is 35.7. The van der Waals surface area contributed by atoms with Crippen molar-refractivity contribution in [2.45, 2.75) is 103 Å². The zero-order valence-electron chi connectivity index (χ0n) is 31.7. The Kier molecular flexibility index (Phi) is 10.4. The minimum Gasteiger partial charge on any atom is -0.489 e. The first kappa shape index (κ1) is 37.3. The molecule has 4 heterocycles. The van der Waals surface area contributed by atoms with Gasteiger partial charge in [-0.3, -0.25) is 14.6 Å². The molecular formula is C39H51N5O8. The standard InChI is InChI=1S/C39H51N5O8/c1-11-12-48-33-22(4)35-36(51-19-50-35)31-25(33)15-27-32-30-24(13-20(2)21(3)34(30)49-18-47-10)14-26(43(32)9)28(16-40)44(27)29(31)17-41-37(45)23(5)42-38(46)52-39(6,7)8/h11,13,23,26-29,32H,1,12,14-15,17-19H2,2-10H3,(H,41,45)(H,42,46)/t23-,26+,27?,28-,29-,32-/m0/s1. The first-order valence-corrected chi connectivity index (χ1v) is 17.8. The second-order valence-electron chi connectivity index (χ2n) is 15.1. The maximum absolute atomic E-state index is 13.6. The van der Waals surface area contributed by atoms with Crippen molar-refractivity contribution in [3.05, 3.63) is 57.7 Å². The summed E-state index contributed by atoms with van der Waals surface area (Å²) >= 11 is 0. The number of likely N-dealkylation sites (N-methyl/N-ethyl adjacent to an activating group) is 1. The summed E-state index contributed by atoms with van der Waals surface area (Å²) in [5, 5.41) is 16.7. The van der Waals surface area contributed by atoms with E-state index in [1.54, 1.807) is 40.9 Å². The van der Waals surface area contributed by atoms with Crippen LogP contribution in [0.15, 0.2) is 18.7 Å². The number of hydrogen-bond acceptors (Lipinski definition) is 11. The van der Waals surface area contributed by atoms with Crippen molar-refractivity contribution in [1.29, 1.82) is 5.26 Å². The number of amides is 2. The van der Waals surface area contributed by atoms with Gasteiger partial charge in [0, 0.05) is 48.0 Å². The predicted molar refractivity (Wildman–Crippen MR) is 193 cm³/mol. The van der Waals surface area contributed by atoms with Gasteiger partial charge in [-0.25, -0.2) is 4.79 Å². The number of piperazine rings is 1. The summed E-state index contributed by atoms with van der Waals surface area (Å²) in [5.41, 5.74) is 6.25. The molecule has 2 amide bonds. The number of benzene rings is 2. The van der Waals surface area contributed by atoms with Crippen molar-refractivity contribution in [2.24, 2.45) is 0 Å². The highest BCUT2D eigenvalue weighted by molar-refractivity contribution is 5.85. The van der Waals surface area contributed by atoms with E-state index in [1.807, 2.05) is 6.92 Å². The predicted octanol–water partition coefficient (Wildman–Crippen LogP) is 4.69. The van der Waals surface area contributed by atoms with Crippen LogP contribution in [0.5, 0.6) is 23.0 Å². The Bertz CT molecular complexity index is 1800. The van der Waals surface area contributed by atoms with E-state index >= 15 is 0 Å². The number of rotatable bonds is 10. The Morgan fingerprint density at radius 3 is 2.50 bits per heavy atom. The monoisotopic (exact) mass is 717 g/mol. The lowest BCUT2D eigenvalue weighted by atomic mass is 9.71. The molecule has 6 atom stereocenters. The van der Waals surface area contributed by atoms with Crippen molar-refractivity contribution in [2.75, 3.05) is 40.9 Å². The molecule has 0 aromatic heterocycles. The summed E-state index contributed by atoms with van der Waals surface area (Å²) in [7, 11) is 3.70. The number of ether oxygens (including phenoxy) is 6. The number of carbonyl (C=O) groups excluding carboxylic acids is 2. The number of nitriles is 1. The fourth-order valence-corrected chi connectivity index (χ4v) is 8.42. The number of nitrogens with one attached hydrogen (secondary N) is 2. The number of carbonyl (C=O) groups is 2. The van der Waals surface area contributed by atoms with Gasteiger partial charge in [-0.2, -0.15) is 5.26 Å². The Labute approximate surface area is 306 Å². The fraction of sp³-hybridized carbons (Fsp3) is 0.564. The molecule has 6 rings (SSSR count). The SMILES string of the molecule is C=CCOc1c(C)c2c(c3c1CC1[C@H]4c5c(cc(C)c(C)c5OCOC)C[C@H]([C@H](C#N)N1[C@H]3CNC(=O)[C@H](C)NC(=O)OC(C)(C)C)N4C)OCO2. The number of nitrogens with zero attached hydrogens (tertiary/aromatic N) is 3. The normalized spacial score (nSPS) is 23.7. The molecule has 2 bridgehead atoms. The van der Waals surface area contributed by atoms with Gasteiger partial charge in [-0.15, -0.1) is 0 Å². The molecule has 2 N–H and O–H groups in total. The molecule has 2 aromatic rings. The van der Waals surface area contributed by atoms with Gasteiger partial charge < -0.3 is 39.1 Å². The van der Waals surface area contributed by atoms with E-state index in [2.05, 4.69) is 60.0 Å². The molecule has 1 saturated heterocycles. The van der Waals surface area contributed by atoms with E-state index in [4.69, 9.17) is 28.4 Å². The Hall–Kier alpha value is -4.51. The summed E-state index contributed by atoms with van der Waals surface area (Å²) in [5.74, 6) is 2.26. The largest absolute Gasteiger partial charge is 0.489 e. The van der Waals surface area contributed by atoms with Crippen LogP contribution in [0.1, 0.15) is 78.7 Å². The smallest absolute Gasteiger partial charge is 0.408 e. The maximum atomic E-state index is 13.6. The van der Waals surface area contributed by atoms with Crippen LogP contribution in [0.4, 0.5) is 4.79 Å². The lowest BCUT2D eigenvalue weighted by molar-refractivity contribution is -0.123. The maximum Gasteiger partial charge on any atom is 0.408 e. The van der Waals surface area contributed by atoms with Gasteiger partial charge in [-0.1, -0.05) is 18.7 Å². The third kappa shape index (κ3) is 6.52. The second kappa shape index (κ2) is 14.5. The number of hydrogen-bond donors (Lipinski definition) is 2. The summed E-state index contributed by atoms with van der Waals surface area (Å²) in [6.07, 6.45) is 2.18. The Morgan fingerprint density at radius 1 is 1.10 bits per heavy atom. The minimum absolute atomic E-state index is 0.0365. The first-order chi connectivity index (χ1) is 24.7. The number of alkyl carbamates (subject to hydrolysis) is 1. The highest BCUT2D eigenvalue weighted by Gasteiger charge is 2.56. The highest BCUT2D eigenvalue weighted by Crippen LogP contribution is 2.58. The van der Waals surface area contributed by atoms with Crippen molar-refractivity contribution in [3.8, 4) is 29.1 Å². The van der Waals surface area contributed by atoms with E-state index in [9.17, 15) is 14.9 Å². The molecule has 52 heavy (non-hydrogen) atoms. The van der Waals surface area contributed by atoms with Crippen LogP contribution in [0, 0.1) is 32.1 Å². The highest BCUT2D eigenvalue weighted by atomic mass is 16.7. The minimum atomic E-state index is -0.888. The quantitative estimate of drug-likeness (QED) is 0.261. The Balaban J connectivity index is 1.49. The molecule has 0 aliphatic carbocycles. The van der Waals surface area contributed by atoms with Crippen molar-refractivity contribution < 1.29 is 38.0 Å². The molecule has 13 heteroatoms. The summed E-state index contributed by atoms with van der Waals surface area (Å²) in [4.78, 5) is 30.8. The molecule has 0 radical (unpaired) electrons. The van der Waals surface area contributed by atoms with Crippen molar-refractivity contribution >= 4 is 12.0 Å². The number of fused-ring (bicyclic) bond motifs is 9. The number of aryl methyl sites for hydroxylation is 1. The Morgan fingerprint density at radius 2 is 1.83 bits per heavy atom. The molecule has 4 aliphatic rings. The van der Waals surface area contributed by atoms with Crippen LogP contribution < -0.4 is 29.6 Å². The molecule has 1 unspecified atom stereocenters. The van der Waals surface area contributed by atoms with Crippen LogP contribution in [-0.2, 0) is 27.1 Å². The van der Waals surface area contributed by atoms with Crippen LogP contribution in [-0.4, -0.2) is 92.5 Å². The molecule has 0 spiro atoms. The molecule has 0 saturated carbocycles. The van der Waals surface area contributed by atoms with Crippen LogP contribution in [0.3, 0.4) is 0 Å². The molecule has 1 fully saturated rings. The average molecular weight is 718 g/mol. The third-order valence-electron chi connectivity index (χ3n) is 10.7. The van der Waals surface area contributed by atoms with Crippen LogP contribution >= 0.6 is 0 Å². The molecule has 13 nitrogen and oxygen atoms in total. The van der Waals surface area contributed by atoms with E-state index in [0.717, 1.165) is 44.7 Å². The zero-order chi connectivity index (χ0) is 37.6. The molecule has 2 aromatic carbocycles. The molecule has 4 aliphatic heterocycles. The fourth-order valence-electron chi connectivity index (χ4n) is 8.42. The van der Waals surface area contributed by atoms with Gasteiger partial charge in [0.25, 0.3) is 0 Å². The number of methoxy groups -OCH3 is 1. The summed E-state index contributed by atoms with van der Waals surface area (Å²) in [6.45, 7) is 17.4. The third-order valence-corrected chi connectivity index (χ3v) is 10.7. The first-order valence-electron chi connectivity index (χ1n) is 17.8. The van der Waals surface area contributed by atoms with Gasteiger partial charge in [-0.05, 0) is 85.0 Å². The van der Waals surface area contributed by atoms with E-state index in [0.29, 0.717) is 30.1 Å². The molecular weight excluding hydrogens is 666 g/mol. The van der Waals surface area contributed by atoms with Crippen LogP contribution in [0.2, 0.25) is 0 Å². The van der Waals surface area contributed by atoms with E-state index in [1.165, 1.54) is 0 Å². The zero-order valence-corrected chi connectivity index (χ0v) is 31.7. The van der Waals surface area contributed by atoms with Crippen molar-refractivity contribution in [3.63, 3.8) is 0 Å². The lowest BCUT2D eigenvalue weighted by Gasteiger charge is -2.60. The van der Waals surface area contributed by atoms with Gasteiger partial charge in [0.15, 0.2) is 18.3 Å². The average Bonchev–Trinajstić information content (AvgIpc) is 3.57. The van der Waals surface area contributed by atoms with E-state index < -0.39 is 35.7 Å². The topological polar surface area (TPSA) is 144 Å². The van der Waals surface area contributed by atoms with Crippen LogP contribution in [0.25, 0.3) is 0 Å². The van der Waals surface area contributed by atoms with Gasteiger partial charge in [0.2, 0.25) is 12.7 Å². The summed E-state index contributed by atoms with van der Waals surface area (Å²) in [6, 6.07) is 2.37. The molecule has 280 valence electrons. The van der Waals surface area contributed by atoms with Gasteiger partial charge in [0.1, 0.15) is 35.8 Å². The van der Waals surface area contributed by atoms with Gasteiger partial charge >= 0.3 is 6.09 Å².